The minimum atomic E-state index is -0.799. The summed E-state index contributed by atoms with van der Waals surface area (Å²) in [5, 5.41) is 0. The highest BCUT2D eigenvalue weighted by atomic mass is 16.6. The van der Waals surface area contributed by atoms with Gasteiger partial charge in [0, 0.05) is 19.3 Å². The number of allylic oxidation sites excluding steroid dienone is 22. The van der Waals surface area contributed by atoms with Crippen LogP contribution in [-0.2, 0) is 28.6 Å². The molecule has 1 atom stereocenters. The fourth-order valence-corrected chi connectivity index (χ4v) is 9.43. The number of unbranched alkanes of at least 4 members (excludes halogenated alkanes) is 29. The van der Waals surface area contributed by atoms with Gasteiger partial charge in [0.05, 0.1) is 0 Å². The number of rotatable bonds is 62. The molecule has 0 bridgehead atoms. The van der Waals surface area contributed by atoms with Crippen LogP contribution in [0.4, 0.5) is 0 Å². The number of hydrogen-bond acceptors (Lipinski definition) is 6. The number of esters is 3. The average molecular weight is 1150 g/mol. The van der Waals surface area contributed by atoms with E-state index >= 15 is 0 Å². The van der Waals surface area contributed by atoms with Gasteiger partial charge in [-0.05, 0) is 141 Å². The second-order valence-corrected chi connectivity index (χ2v) is 22.7. The second-order valence-electron chi connectivity index (χ2n) is 22.7. The van der Waals surface area contributed by atoms with Crippen LogP contribution in [0.5, 0.6) is 0 Å². The molecule has 0 saturated carbocycles. The Labute approximate surface area is 513 Å². The quantitative estimate of drug-likeness (QED) is 0.0261. The molecule has 0 aliphatic carbocycles. The molecule has 6 nitrogen and oxygen atoms in total. The Morgan fingerprint density at radius 1 is 0.253 bits per heavy atom. The Kier molecular flexibility index (Phi) is 66.3. The number of hydrogen-bond donors (Lipinski definition) is 0. The number of carbonyl (C=O) groups is 3. The van der Waals surface area contributed by atoms with Crippen molar-refractivity contribution in [2.45, 2.75) is 322 Å². The van der Waals surface area contributed by atoms with Crippen molar-refractivity contribution < 1.29 is 28.6 Å². The lowest BCUT2D eigenvalue weighted by atomic mass is 10.0. The van der Waals surface area contributed by atoms with E-state index in [4.69, 9.17) is 14.2 Å². The number of carbonyl (C=O) groups excluding carboxylic acids is 3. The fraction of sp³-hybridized carbons (Fsp3) is 0.675. The molecule has 83 heavy (non-hydrogen) atoms. The Balaban J connectivity index is 4.39. The van der Waals surface area contributed by atoms with E-state index < -0.39 is 6.10 Å². The lowest BCUT2D eigenvalue weighted by Crippen LogP contribution is -2.30. The predicted octanol–water partition coefficient (Wildman–Crippen LogP) is 24.1. The van der Waals surface area contributed by atoms with Gasteiger partial charge in [-0.25, -0.2) is 0 Å². The molecule has 0 aliphatic rings. The van der Waals surface area contributed by atoms with E-state index in [9.17, 15) is 14.4 Å². The van der Waals surface area contributed by atoms with Crippen LogP contribution in [-0.4, -0.2) is 37.2 Å². The molecule has 0 aliphatic heterocycles. The highest BCUT2D eigenvalue weighted by molar-refractivity contribution is 5.71. The van der Waals surface area contributed by atoms with Crippen molar-refractivity contribution in [1.29, 1.82) is 0 Å². The molecule has 6 heteroatoms. The third-order valence-electron chi connectivity index (χ3n) is 14.6. The zero-order valence-corrected chi connectivity index (χ0v) is 54.2. The topological polar surface area (TPSA) is 78.9 Å². The van der Waals surface area contributed by atoms with Crippen molar-refractivity contribution in [2.24, 2.45) is 0 Å². The summed E-state index contributed by atoms with van der Waals surface area (Å²) in [6.45, 7) is 6.49. The van der Waals surface area contributed by atoms with Crippen LogP contribution in [0.1, 0.15) is 316 Å². The summed E-state index contributed by atoms with van der Waals surface area (Å²) in [6.07, 6.45) is 98.9. The molecule has 0 heterocycles. The molecule has 0 aromatic rings. The van der Waals surface area contributed by atoms with Crippen molar-refractivity contribution in [1.82, 2.24) is 0 Å². The first-order chi connectivity index (χ1) is 41.0. The van der Waals surface area contributed by atoms with Crippen LogP contribution < -0.4 is 0 Å². The zero-order chi connectivity index (χ0) is 59.9. The standard InChI is InChI=1S/C77H128O6/c1-4-7-10-13-16-19-22-25-27-29-31-33-35-36-37-38-39-40-42-43-45-47-49-52-55-58-61-64-67-70-76(79)82-73-74(72-81-75(78)69-66-63-60-57-54-51-24-21-18-15-12-9-6-3)83-77(80)71-68-65-62-59-56-53-50-48-46-44-41-34-32-30-28-26-23-20-17-14-11-8-5-2/h7,10,16,19,21,23-27,30-33,36-37,39-40,43,45,49,52,74H,4-6,8-9,11-15,17-18,20,22,28-29,34-35,38,41-42,44,46-48,50-51,53-73H2,1-3H3/b10-7-,19-16-,24-21-,26-23-,27-25-,32-30-,33-31-,37-36-,40-39-,45-43-,52-49-. The highest BCUT2D eigenvalue weighted by Crippen LogP contribution is 2.16. The second kappa shape index (κ2) is 70.0. The Morgan fingerprint density at radius 2 is 0.470 bits per heavy atom. The van der Waals surface area contributed by atoms with Crippen LogP contribution in [0.15, 0.2) is 134 Å². The van der Waals surface area contributed by atoms with Crippen molar-refractivity contribution in [3.05, 3.63) is 134 Å². The van der Waals surface area contributed by atoms with Gasteiger partial charge in [0.1, 0.15) is 13.2 Å². The molecule has 0 rings (SSSR count). The van der Waals surface area contributed by atoms with Gasteiger partial charge in [0.25, 0.3) is 0 Å². The summed E-state index contributed by atoms with van der Waals surface area (Å²) < 4.78 is 16.9. The molecule has 0 N–H and O–H groups in total. The van der Waals surface area contributed by atoms with Gasteiger partial charge < -0.3 is 14.2 Å². The summed E-state index contributed by atoms with van der Waals surface area (Å²) in [7, 11) is 0. The fourth-order valence-electron chi connectivity index (χ4n) is 9.43. The van der Waals surface area contributed by atoms with Gasteiger partial charge in [0.15, 0.2) is 6.10 Å². The molecule has 0 spiro atoms. The van der Waals surface area contributed by atoms with Crippen LogP contribution in [0.25, 0.3) is 0 Å². The smallest absolute Gasteiger partial charge is 0.306 e. The van der Waals surface area contributed by atoms with Gasteiger partial charge in [0.2, 0.25) is 0 Å². The Morgan fingerprint density at radius 3 is 0.759 bits per heavy atom. The first-order valence-electron chi connectivity index (χ1n) is 34.7. The van der Waals surface area contributed by atoms with Crippen molar-refractivity contribution in [2.75, 3.05) is 13.2 Å². The number of ether oxygens (including phenoxy) is 3. The van der Waals surface area contributed by atoms with Crippen LogP contribution in [0.2, 0.25) is 0 Å². The summed E-state index contributed by atoms with van der Waals surface area (Å²) in [5.41, 5.74) is 0. The van der Waals surface area contributed by atoms with E-state index in [0.717, 1.165) is 135 Å². The van der Waals surface area contributed by atoms with E-state index in [0.29, 0.717) is 19.3 Å². The molecule has 472 valence electrons. The van der Waals surface area contributed by atoms with Gasteiger partial charge >= 0.3 is 17.9 Å². The minimum Gasteiger partial charge on any atom is -0.462 e. The van der Waals surface area contributed by atoms with E-state index in [1.807, 2.05) is 0 Å². The molecular formula is C77H128O6. The van der Waals surface area contributed by atoms with Crippen LogP contribution >= 0.6 is 0 Å². The zero-order valence-electron chi connectivity index (χ0n) is 54.2. The molecule has 0 aromatic carbocycles. The maximum absolute atomic E-state index is 12.9. The third kappa shape index (κ3) is 68.2. The van der Waals surface area contributed by atoms with Crippen molar-refractivity contribution in [3.8, 4) is 0 Å². The van der Waals surface area contributed by atoms with E-state index in [2.05, 4.69) is 154 Å². The van der Waals surface area contributed by atoms with Gasteiger partial charge in [-0.2, -0.15) is 0 Å². The van der Waals surface area contributed by atoms with Crippen molar-refractivity contribution >= 4 is 17.9 Å². The first-order valence-corrected chi connectivity index (χ1v) is 34.7. The first kappa shape index (κ1) is 78.5. The molecule has 0 radical (unpaired) electrons. The van der Waals surface area contributed by atoms with Crippen LogP contribution in [0, 0.1) is 0 Å². The monoisotopic (exact) mass is 1150 g/mol. The Hall–Kier alpha value is -4.45. The molecule has 0 saturated heterocycles. The maximum atomic E-state index is 12.9. The molecule has 0 fully saturated rings. The summed E-state index contributed by atoms with van der Waals surface area (Å²) in [5.74, 6) is -0.923. The SMILES string of the molecule is CC/C=C\C/C=C\C/C=C\C/C=C\C/C=C\C/C=C\C/C=C\C/C=C\CCCCCCC(=O)OCC(COC(=O)CCCCCCC/C=C\CCCCCC)OC(=O)CCCCCCCCCCCCC/C=C\C/C=C\CCCCCCC. The molecule has 1 unspecified atom stereocenters. The molecule has 0 amide bonds. The van der Waals surface area contributed by atoms with E-state index in [1.54, 1.807) is 0 Å². The van der Waals surface area contributed by atoms with Crippen LogP contribution in [0.3, 0.4) is 0 Å². The highest BCUT2D eigenvalue weighted by Gasteiger charge is 2.19. The van der Waals surface area contributed by atoms with Gasteiger partial charge in [-0.3, -0.25) is 14.4 Å². The largest absolute Gasteiger partial charge is 0.462 e. The van der Waals surface area contributed by atoms with E-state index in [1.165, 1.54) is 141 Å². The predicted molar refractivity (Wildman–Crippen MR) is 362 cm³/mol. The third-order valence-corrected chi connectivity index (χ3v) is 14.6. The normalized spacial score (nSPS) is 13.0. The maximum Gasteiger partial charge on any atom is 0.306 e. The lowest BCUT2D eigenvalue weighted by molar-refractivity contribution is -0.167. The summed E-state index contributed by atoms with van der Waals surface area (Å²) in [4.78, 5) is 38.4. The van der Waals surface area contributed by atoms with Gasteiger partial charge in [-0.1, -0.05) is 289 Å². The minimum absolute atomic E-state index is 0.0936. The van der Waals surface area contributed by atoms with Gasteiger partial charge in [-0.15, -0.1) is 0 Å². The molecular weight excluding hydrogens is 1020 g/mol. The van der Waals surface area contributed by atoms with E-state index in [-0.39, 0.29) is 31.1 Å². The summed E-state index contributed by atoms with van der Waals surface area (Å²) >= 11 is 0. The summed E-state index contributed by atoms with van der Waals surface area (Å²) in [6, 6.07) is 0. The Bertz CT molecular complexity index is 1750. The lowest BCUT2D eigenvalue weighted by Gasteiger charge is -2.18. The van der Waals surface area contributed by atoms with Crippen molar-refractivity contribution in [3.63, 3.8) is 0 Å². The average Bonchev–Trinajstić information content (AvgIpc) is 3.49. The molecule has 0 aromatic heterocycles.